The Balaban J connectivity index is 2.70. The van der Waals surface area contributed by atoms with Gasteiger partial charge in [-0.25, -0.2) is 13.6 Å². The smallest absolute Gasteiger partial charge is 0.321 e. The van der Waals surface area contributed by atoms with Crippen molar-refractivity contribution in [3.8, 4) is 0 Å². The number of carbonyl (C=O) groups is 1. The van der Waals surface area contributed by atoms with E-state index in [0.717, 1.165) is 12.1 Å². The van der Waals surface area contributed by atoms with E-state index in [1.54, 1.807) is 6.92 Å². The average molecular weight is 288 g/mol. The van der Waals surface area contributed by atoms with Crippen molar-refractivity contribution in [3.05, 3.63) is 29.8 Å². The Hall–Kier alpha value is -1.73. The van der Waals surface area contributed by atoms with Gasteiger partial charge in [-0.15, -0.1) is 0 Å². The predicted molar refractivity (Wildman–Crippen MR) is 70.3 cm³/mol. The van der Waals surface area contributed by atoms with E-state index in [4.69, 9.17) is 10.2 Å². The van der Waals surface area contributed by atoms with Crippen LogP contribution in [0.15, 0.2) is 18.2 Å². The first-order valence-corrected chi connectivity index (χ1v) is 5.99. The summed E-state index contributed by atoms with van der Waals surface area (Å²) in [6, 6.07) is 2.09. The van der Waals surface area contributed by atoms with Crippen LogP contribution in [0.5, 0.6) is 0 Å². The number of hydrogen-bond donors (Lipinski definition) is 3. The van der Waals surface area contributed by atoms with Gasteiger partial charge in [-0.2, -0.15) is 0 Å². The van der Waals surface area contributed by atoms with Gasteiger partial charge in [0, 0.05) is 30.8 Å². The number of aliphatic hydroxyl groups excluding tert-OH is 2. The molecule has 3 N–H and O–H groups in total. The third-order valence-corrected chi connectivity index (χ3v) is 2.84. The number of anilines is 1. The van der Waals surface area contributed by atoms with E-state index in [0.29, 0.717) is 6.07 Å². The number of benzene rings is 1. The number of urea groups is 1. The number of halogens is 2. The monoisotopic (exact) mass is 288 g/mol. The van der Waals surface area contributed by atoms with Crippen molar-refractivity contribution >= 4 is 11.7 Å². The van der Waals surface area contributed by atoms with Gasteiger partial charge >= 0.3 is 6.03 Å². The SMILES string of the molecule is CN(CC(C)(CO)CO)C(=O)Nc1cc(F)cc(F)c1. The van der Waals surface area contributed by atoms with Crippen LogP contribution in [0.25, 0.3) is 0 Å². The van der Waals surface area contributed by atoms with Crippen molar-refractivity contribution in [1.82, 2.24) is 4.90 Å². The molecule has 0 aliphatic carbocycles. The summed E-state index contributed by atoms with van der Waals surface area (Å²) >= 11 is 0. The van der Waals surface area contributed by atoms with Crippen molar-refractivity contribution in [1.29, 1.82) is 0 Å². The zero-order valence-electron chi connectivity index (χ0n) is 11.4. The lowest BCUT2D eigenvalue weighted by atomic mass is 9.92. The molecule has 112 valence electrons. The highest BCUT2D eigenvalue weighted by molar-refractivity contribution is 5.89. The van der Waals surface area contributed by atoms with Crippen LogP contribution in [-0.2, 0) is 0 Å². The maximum atomic E-state index is 13.0. The molecule has 0 aromatic heterocycles. The Morgan fingerprint density at radius 1 is 1.25 bits per heavy atom. The van der Waals surface area contributed by atoms with Crippen LogP contribution in [0, 0.1) is 17.0 Å². The number of carbonyl (C=O) groups excluding carboxylic acids is 1. The molecule has 5 nitrogen and oxygen atoms in total. The summed E-state index contributed by atoms with van der Waals surface area (Å²) in [6.45, 7) is 1.10. The van der Waals surface area contributed by atoms with Gasteiger partial charge in [-0.1, -0.05) is 6.92 Å². The summed E-state index contributed by atoms with van der Waals surface area (Å²) in [5.41, 5.74) is -0.853. The van der Waals surface area contributed by atoms with Gasteiger partial charge in [0.05, 0.1) is 13.2 Å². The van der Waals surface area contributed by atoms with E-state index in [-0.39, 0.29) is 25.4 Å². The van der Waals surface area contributed by atoms with E-state index in [2.05, 4.69) is 5.32 Å². The van der Waals surface area contributed by atoms with Gasteiger partial charge in [0.15, 0.2) is 0 Å². The number of nitrogens with zero attached hydrogens (tertiary/aromatic N) is 1. The van der Waals surface area contributed by atoms with Crippen LogP contribution < -0.4 is 5.32 Å². The van der Waals surface area contributed by atoms with Crippen LogP contribution >= 0.6 is 0 Å². The van der Waals surface area contributed by atoms with E-state index in [1.165, 1.54) is 11.9 Å². The lowest BCUT2D eigenvalue weighted by molar-refractivity contribution is 0.0509. The summed E-state index contributed by atoms with van der Waals surface area (Å²) in [4.78, 5) is 13.1. The molecule has 1 aromatic carbocycles. The van der Waals surface area contributed by atoms with Crippen molar-refractivity contribution in [2.24, 2.45) is 5.41 Å². The Bertz CT molecular complexity index is 458. The molecule has 1 aromatic rings. The molecular weight excluding hydrogens is 270 g/mol. The highest BCUT2D eigenvalue weighted by Crippen LogP contribution is 2.17. The summed E-state index contributed by atoms with van der Waals surface area (Å²) in [5, 5.41) is 20.7. The molecule has 0 fully saturated rings. The fourth-order valence-corrected chi connectivity index (χ4v) is 1.64. The molecule has 0 aliphatic heterocycles. The number of nitrogens with one attached hydrogen (secondary N) is 1. The lowest BCUT2D eigenvalue weighted by Gasteiger charge is -2.30. The molecule has 0 bridgehead atoms. The van der Waals surface area contributed by atoms with Crippen LogP contribution in [0.2, 0.25) is 0 Å². The Morgan fingerprint density at radius 3 is 2.20 bits per heavy atom. The summed E-state index contributed by atoms with van der Waals surface area (Å²) in [5.74, 6) is -1.59. The molecule has 0 radical (unpaired) electrons. The van der Waals surface area contributed by atoms with Gasteiger partial charge in [0.1, 0.15) is 11.6 Å². The first-order chi connectivity index (χ1) is 9.29. The normalized spacial score (nSPS) is 11.3. The molecule has 0 saturated heterocycles. The largest absolute Gasteiger partial charge is 0.396 e. The summed E-state index contributed by atoms with van der Waals surface area (Å²) in [6.07, 6.45) is 0. The minimum atomic E-state index is -0.848. The van der Waals surface area contributed by atoms with Crippen LogP contribution in [-0.4, -0.2) is 48.0 Å². The Morgan fingerprint density at radius 2 is 1.75 bits per heavy atom. The molecular formula is C13H18F2N2O3. The molecule has 0 heterocycles. The first-order valence-electron chi connectivity index (χ1n) is 5.99. The molecule has 0 unspecified atom stereocenters. The zero-order chi connectivity index (χ0) is 15.3. The fourth-order valence-electron chi connectivity index (χ4n) is 1.64. The molecule has 0 spiro atoms. The maximum Gasteiger partial charge on any atom is 0.321 e. The molecule has 2 amide bonds. The number of amides is 2. The lowest BCUT2D eigenvalue weighted by Crippen LogP contribution is -2.43. The second kappa shape index (κ2) is 6.62. The number of hydrogen-bond acceptors (Lipinski definition) is 3. The van der Waals surface area contributed by atoms with Gasteiger partial charge < -0.3 is 20.4 Å². The molecule has 7 heteroatoms. The summed E-state index contributed by atoms with van der Waals surface area (Å²) in [7, 11) is 1.45. The highest BCUT2D eigenvalue weighted by atomic mass is 19.1. The van der Waals surface area contributed by atoms with Gasteiger partial charge in [0.2, 0.25) is 0 Å². The highest BCUT2D eigenvalue weighted by Gasteiger charge is 2.26. The minimum Gasteiger partial charge on any atom is -0.396 e. The third-order valence-electron chi connectivity index (χ3n) is 2.84. The van der Waals surface area contributed by atoms with Gasteiger partial charge in [-0.05, 0) is 12.1 Å². The zero-order valence-corrected chi connectivity index (χ0v) is 11.4. The van der Waals surface area contributed by atoms with Gasteiger partial charge in [-0.3, -0.25) is 0 Å². The second-order valence-corrected chi connectivity index (χ2v) is 5.07. The van der Waals surface area contributed by atoms with E-state index in [1.807, 2.05) is 0 Å². The minimum absolute atomic E-state index is 0.00551. The molecule has 20 heavy (non-hydrogen) atoms. The molecule has 0 aliphatic rings. The second-order valence-electron chi connectivity index (χ2n) is 5.07. The average Bonchev–Trinajstić information content (AvgIpc) is 2.37. The quantitative estimate of drug-likeness (QED) is 0.767. The van der Waals surface area contributed by atoms with Crippen molar-refractivity contribution < 1.29 is 23.8 Å². The van der Waals surface area contributed by atoms with Gasteiger partial charge in [0.25, 0.3) is 0 Å². The topological polar surface area (TPSA) is 72.8 Å². The number of aliphatic hydroxyl groups is 2. The molecule has 0 atom stereocenters. The maximum absolute atomic E-state index is 13.0. The first kappa shape index (κ1) is 16.3. The molecule has 1 rings (SSSR count). The van der Waals surface area contributed by atoms with E-state index >= 15 is 0 Å². The Labute approximate surface area is 115 Å². The van der Waals surface area contributed by atoms with E-state index in [9.17, 15) is 13.6 Å². The fraction of sp³-hybridized carbons (Fsp3) is 0.462. The Kier molecular flexibility index (Phi) is 5.41. The van der Waals surface area contributed by atoms with E-state index < -0.39 is 23.1 Å². The summed E-state index contributed by atoms with van der Waals surface area (Å²) < 4.78 is 26.0. The van der Waals surface area contributed by atoms with Crippen LogP contribution in [0.3, 0.4) is 0 Å². The molecule has 0 saturated carbocycles. The predicted octanol–water partition coefficient (Wildman–Crippen LogP) is 1.42. The van der Waals surface area contributed by atoms with Crippen LogP contribution in [0.1, 0.15) is 6.92 Å². The van der Waals surface area contributed by atoms with Crippen molar-refractivity contribution in [2.45, 2.75) is 6.92 Å². The van der Waals surface area contributed by atoms with Crippen molar-refractivity contribution in [3.63, 3.8) is 0 Å². The standard InChI is InChI=1S/C13H18F2N2O3/c1-13(7-18,8-19)6-17(2)12(20)16-11-4-9(14)3-10(15)5-11/h3-5,18-19H,6-8H2,1-2H3,(H,16,20). The van der Waals surface area contributed by atoms with Crippen molar-refractivity contribution in [2.75, 3.05) is 32.1 Å². The van der Waals surface area contributed by atoms with Crippen LogP contribution in [0.4, 0.5) is 19.3 Å². The number of rotatable bonds is 5. The third kappa shape index (κ3) is 4.43.